The number of carboxylic acids is 1. The van der Waals surface area contributed by atoms with Gasteiger partial charge in [0.2, 0.25) is 0 Å². The minimum Gasteiger partial charge on any atom is -0.481 e. The van der Waals surface area contributed by atoms with Crippen molar-refractivity contribution in [3.63, 3.8) is 0 Å². The summed E-state index contributed by atoms with van der Waals surface area (Å²) in [4.78, 5) is 12.6. The van der Waals surface area contributed by atoms with E-state index >= 15 is 0 Å². The molecule has 0 fully saturated rings. The lowest BCUT2D eigenvalue weighted by molar-refractivity contribution is -0.137. The fraction of sp³-hybridized carbons (Fsp3) is 0.900. The Morgan fingerprint density at radius 1 is 1.31 bits per heavy atom. The molecule has 78 valence electrons. The third-order valence-electron chi connectivity index (χ3n) is 2.04. The van der Waals surface area contributed by atoms with Crippen molar-refractivity contribution in [2.75, 3.05) is 13.1 Å². The third kappa shape index (κ3) is 5.64. The van der Waals surface area contributed by atoms with Gasteiger partial charge in [-0.25, -0.2) is 0 Å². The van der Waals surface area contributed by atoms with Crippen LogP contribution in [0.2, 0.25) is 0 Å². The second kappa shape index (κ2) is 5.22. The first-order valence-corrected chi connectivity index (χ1v) is 4.84. The molecule has 0 bridgehead atoms. The molecule has 1 N–H and O–H groups in total. The number of hydrogen-bond donors (Lipinski definition) is 1. The summed E-state index contributed by atoms with van der Waals surface area (Å²) < 4.78 is 0. The molecule has 0 spiro atoms. The number of carbonyl (C=O) groups is 1. The predicted molar refractivity (Wildman–Crippen MR) is 53.9 cm³/mol. The molecule has 3 heteroatoms. The van der Waals surface area contributed by atoms with Gasteiger partial charge in [0.15, 0.2) is 0 Å². The van der Waals surface area contributed by atoms with Crippen LogP contribution in [0.3, 0.4) is 0 Å². The standard InChI is InChI=1S/C10H21NO2/c1-5-7-11(10(2,3)4)8-6-9(12)13/h5-8H2,1-4H3,(H,12,13). The molecule has 0 unspecified atom stereocenters. The van der Waals surface area contributed by atoms with Crippen molar-refractivity contribution in [3.05, 3.63) is 0 Å². The van der Waals surface area contributed by atoms with Gasteiger partial charge in [0.05, 0.1) is 6.42 Å². The van der Waals surface area contributed by atoms with E-state index in [4.69, 9.17) is 5.11 Å². The van der Waals surface area contributed by atoms with E-state index in [-0.39, 0.29) is 12.0 Å². The van der Waals surface area contributed by atoms with E-state index < -0.39 is 5.97 Å². The summed E-state index contributed by atoms with van der Waals surface area (Å²) in [5.74, 6) is -0.717. The summed E-state index contributed by atoms with van der Waals surface area (Å²) in [7, 11) is 0. The molecule has 0 saturated carbocycles. The van der Waals surface area contributed by atoms with Crippen LogP contribution in [0.4, 0.5) is 0 Å². The molecule has 0 rings (SSSR count). The zero-order valence-electron chi connectivity index (χ0n) is 9.13. The maximum absolute atomic E-state index is 10.4. The van der Waals surface area contributed by atoms with Gasteiger partial charge in [-0.1, -0.05) is 6.92 Å². The molecule has 0 amide bonds. The van der Waals surface area contributed by atoms with Crippen molar-refractivity contribution >= 4 is 5.97 Å². The summed E-state index contributed by atoms with van der Waals surface area (Å²) in [5.41, 5.74) is 0.0749. The second-order valence-electron chi connectivity index (χ2n) is 4.30. The Hall–Kier alpha value is -0.570. The Labute approximate surface area is 80.7 Å². The van der Waals surface area contributed by atoms with Crippen LogP contribution in [0.5, 0.6) is 0 Å². The Bertz CT molecular complexity index is 161. The summed E-state index contributed by atoms with van der Waals surface area (Å²) in [6.45, 7) is 10.1. The molecule has 0 aliphatic heterocycles. The van der Waals surface area contributed by atoms with Gasteiger partial charge in [-0.3, -0.25) is 9.69 Å². The molecular formula is C10H21NO2. The van der Waals surface area contributed by atoms with Crippen molar-refractivity contribution in [1.29, 1.82) is 0 Å². The number of rotatable bonds is 5. The van der Waals surface area contributed by atoms with Gasteiger partial charge < -0.3 is 5.11 Å². The van der Waals surface area contributed by atoms with Crippen molar-refractivity contribution in [1.82, 2.24) is 4.90 Å². The zero-order chi connectivity index (χ0) is 10.5. The topological polar surface area (TPSA) is 40.5 Å². The van der Waals surface area contributed by atoms with E-state index in [2.05, 4.69) is 32.6 Å². The molecule has 0 heterocycles. The summed E-state index contributed by atoms with van der Waals surface area (Å²) in [5, 5.41) is 8.57. The summed E-state index contributed by atoms with van der Waals surface area (Å²) in [6.07, 6.45) is 1.30. The first-order valence-electron chi connectivity index (χ1n) is 4.84. The average Bonchev–Trinajstić information content (AvgIpc) is 1.95. The molecule has 0 aromatic rings. The number of carboxylic acid groups (broad SMARTS) is 1. The highest BCUT2D eigenvalue weighted by atomic mass is 16.4. The Kier molecular flexibility index (Phi) is 4.99. The van der Waals surface area contributed by atoms with E-state index in [1.165, 1.54) is 0 Å². The van der Waals surface area contributed by atoms with Crippen LogP contribution in [-0.2, 0) is 4.79 Å². The van der Waals surface area contributed by atoms with Gasteiger partial charge in [-0.05, 0) is 33.7 Å². The van der Waals surface area contributed by atoms with Gasteiger partial charge in [0.25, 0.3) is 0 Å². The van der Waals surface area contributed by atoms with Crippen LogP contribution in [0.25, 0.3) is 0 Å². The maximum Gasteiger partial charge on any atom is 0.304 e. The van der Waals surface area contributed by atoms with Crippen LogP contribution in [-0.4, -0.2) is 34.6 Å². The number of hydrogen-bond acceptors (Lipinski definition) is 2. The predicted octanol–water partition coefficient (Wildman–Crippen LogP) is 1.97. The number of nitrogens with zero attached hydrogens (tertiary/aromatic N) is 1. The van der Waals surface area contributed by atoms with Gasteiger partial charge >= 0.3 is 5.97 Å². The fourth-order valence-electron chi connectivity index (χ4n) is 1.28. The van der Waals surface area contributed by atoms with E-state index in [9.17, 15) is 4.79 Å². The van der Waals surface area contributed by atoms with Crippen molar-refractivity contribution in [3.8, 4) is 0 Å². The molecule has 0 aliphatic carbocycles. The van der Waals surface area contributed by atoms with E-state index in [1.54, 1.807) is 0 Å². The smallest absolute Gasteiger partial charge is 0.304 e. The average molecular weight is 187 g/mol. The zero-order valence-corrected chi connectivity index (χ0v) is 9.13. The van der Waals surface area contributed by atoms with Crippen LogP contribution in [0.15, 0.2) is 0 Å². The largest absolute Gasteiger partial charge is 0.481 e. The fourth-order valence-corrected chi connectivity index (χ4v) is 1.28. The van der Waals surface area contributed by atoms with Crippen LogP contribution < -0.4 is 0 Å². The Morgan fingerprint density at radius 2 is 1.85 bits per heavy atom. The maximum atomic E-state index is 10.4. The molecule has 0 aliphatic rings. The molecule has 3 nitrogen and oxygen atoms in total. The highest BCUT2D eigenvalue weighted by Gasteiger charge is 2.20. The van der Waals surface area contributed by atoms with Gasteiger partial charge in [0, 0.05) is 12.1 Å². The first kappa shape index (κ1) is 12.4. The van der Waals surface area contributed by atoms with Gasteiger partial charge in [-0.15, -0.1) is 0 Å². The summed E-state index contributed by atoms with van der Waals surface area (Å²) in [6, 6.07) is 0. The summed E-state index contributed by atoms with van der Waals surface area (Å²) >= 11 is 0. The monoisotopic (exact) mass is 187 g/mol. The van der Waals surface area contributed by atoms with Crippen molar-refractivity contribution in [2.45, 2.75) is 46.1 Å². The Balaban J connectivity index is 4.02. The lowest BCUT2D eigenvalue weighted by Gasteiger charge is -2.35. The Morgan fingerprint density at radius 3 is 2.15 bits per heavy atom. The normalized spacial score (nSPS) is 12.1. The molecule has 13 heavy (non-hydrogen) atoms. The second-order valence-corrected chi connectivity index (χ2v) is 4.30. The molecule has 0 aromatic heterocycles. The molecule has 0 aromatic carbocycles. The number of aliphatic carboxylic acids is 1. The first-order chi connectivity index (χ1) is 5.88. The minimum absolute atomic E-state index is 0.0749. The highest BCUT2D eigenvalue weighted by Crippen LogP contribution is 2.13. The van der Waals surface area contributed by atoms with Gasteiger partial charge in [0.1, 0.15) is 0 Å². The van der Waals surface area contributed by atoms with E-state index in [0.29, 0.717) is 6.54 Å². The van der Waals surface area contributed by atoms with Crippen molar-refractivity contribution in [2.24, 2.45) is 0 Å². The molecule has 0 radical (unpaired) electrons. The van der Waals surface area contributed by atoms with E-state index in [1.807, 2.05) is 0 Å². The lowest BCUT2D eigenvalue weighted by atomic mass is 10.1. The highest BCUT2D eigenvalue weighted by molar-refractivity contribution is 5.66. The quantitative estimate of drug-likeness (QED) is 0.715. The SMILES string of the molecule is CCCN(CCC(=O)O)C(C)(C)C. The minimum atomic E-state index is -0.717. The van der Waals surface area contributed by atoms with Crippen LogP contribution in [0.1, 0.15) is 40.5 Å². The lowest BCUT2D eigenvalue weighted by Crippen LogP contribution is -2.42. The molecule has 0 saturated heterocycles. The van der Waals surface area contributed by atoms with Crippen LogP contribution in [0, 0.1) is 0 Å². The molecule has 0 atom stereocenters. The van der Waals surface area contributed by atoms with Crippen LogP contribution >= 0.6 is 0 Å². The molecular weight excluding hydrogens is 166 g/mol. The van der Waals surface area contributed by atoms with Crippen molar-refractivity contribution < 1.29 is 9.90 Å². The third-order valence-corrected chi connectivity index (χ3v) is 2.04. The van der Waals surface area contributed by atoms with Gasteiger partial charge in [-0.2, -0.15) is 0 Å². The van der Waals surface area contributed by atoms with E-state index in [0.717, 1.165) is 13.0 Å².